The fourth-order valence-electron chi connectivity index (χ4n) is 2.07. The van der Waals surface area contributed by atoms with E-state index in [1.165, 1.54) is 6.07 Å². The number of hydrogen-bond acceptors (Lipinski definition) is 7. The molecule has 1 aromatic rings. The maximum Gasteiger partial charge on any atom is 0.451 e. The zero-order valence-corrected chi connectivity index (χ0v) is 11.1. The largest absolute Gasteiger partial charge is 0.451 e. The Balaban J connectivity index is 2.30. The summed E-state index contributed by atoms with van der Waals surface area (Å²) in [6.07, 6.45) is -3.77. The first-order chi connectivity index (χ1) is 9.88. The van der Waals surface area contributed by atoms with Crippen LogP contribution in [0.1, 0.15) is 18.7 Å². The highest BCUT2D eigenvalue weighted by molar-refractivity contribution is 5.48. The van der Waals surface area contributed by atoms with Gasteiger partial charge in [0.1, 0.15) is 11.6 Å². The summed E-state index contributed by atoms with van der Waals surface area (Å²) in [6, 6.07) is 1.25. The van der Waals surface area contributed by atoms with Crippen molar-refractivity contribution >= 4 is 11.6 Å². The number of alkyl halides is 3. The lowest BCUT2D eigenvalue weighted by atomic mass is 9.91. The van der Waals surface area contributed by atoms with Gasteiger partial charge in [0.2, 0.25) is 5.82 Å². The quantitative estimate of drug-likeness (QED) is 0.480. The Morgan fingerprint density at radius 3 is 2.43 bits per heavy atom. The van der Waals surface area contributed by atoms with Crippen LogP contribution < -0.4 is 16.6 Å². The molecular weight excluding hydrogens is 291 g/mol. The molecule has 0 amide bonds. The Labute approximate surface area is 118 Å². The number of nitrogens with two attached hydrogens (primary N) is 1. The molecule has 10 heteroatoms. The number of nitrogens with one attached hydrogen (secondary N) is 2. The summed E-state index contributed by atoms with van der Waals surface area (Å²) in [4.78, 5) is 6.71. The molecule has 1 fully saturated rings. The number of aliphatic hydroxyl groups is 1. The van der Waals surface area contributed by atoms with Crippen molar-refractivity contribution in [3.05, 3.63) is 11.9 Å². The third-order valence-corrected chi connectivity index (χ3v) is 3.27. The van der Waals surface area contributed by atoms with E-state index in [4.69, 9.17) is 10.6 Å². The van der Waals surface area contributed by atoms with Gasteiger partial charge in [-0.3, -0.25) is 0 Å². The van der Waals surface area contributed by atoms with Crippen molar-refractivity contribution in [3.8, 4) is 0 Å². The average molecular weight is 307 g/mol. The number of anilines is 2. The maximum absolute atomic E-state index is 12.7. The van der Waals surface area contributed by atoms with Gasteiger partial charge in [-0.25, -0.2) is 15.8 Å². The fourth-order valence-corrected chi connectivity index (χ4v) is 2.07. The molecule has 2 heterocycles. The number of rotatable bonds is 4. The highest BCUT2D eigenvalue weighted by Crippen LogP contribution is 2.30. The standard InChI is InChI=1S/C11H16F3N5O2/c12-11(13,14)9-16-7(5-8(17-9)19-15)18-10(6-20)1-3-21-4-2-10/h5,20H,1-4,6,15H2,(H2,16,17,18,19). The van der Waals surface area contributed by atoms with Crippen LogP contribution in [0.2, 0.25) is 0 Å². The van der Waals surface area contributed by atoms with Crippen molar-refractivity contribution in [2.24, 2.45) is 5.84 Å². The third-order valence-electron chi connectivity index (χ3n) is 3.27. The van der Waals surface area contributed by atoms with Crippen LogP contribution in [0.3, 0.4) is 0 Å². The van der Waals surface area contributed by atoms with E-state index in [0.29, 0.717) is 26.1 Å². The minimum atomic E-state index is -4.69. The van der Waals surface area contributed by atoms with Crippen molar-refractivity contribution in [3.63, 3.8) is 0 Å². The maximum atomic E-state index is 12.7. The number of hydrogen-bond donors (Lipinski definition) is 4. The van der Waals surface area contributed by atoms with Gasteiger partial charge in [0.25, 0.3) is 0 Å². The third kappa shape index (κ3) is 3.71. The summed E-state index contributed by atoms with van der Waals surface area (Å²) in [6.45, 7) is 0.576. The number of halogens is 3. The van der Waals surface area contributed by atoms with Crippen LogP contribution in [0.4, 0.5) is 24.8 Å². The second kappa shape index (κ2) is 6.00. The average Bonchev–Trinajstić information content (AvgIpc) is 2.47. The van der Waals surface area contributed by atoms with E-state index in [2.05, 4.69) is 20.7 Å². The predicted molar refractivity (Wildman–Crippen MR) is 68.3 cm³/mol. The van der Waals surface area contributed by atoms with Crippen molar-refractivity contribution in [1.82, 2.24) is 9.97 Å². The molecular formula is C11H16F3N5O2. The molecule has 0 bridgehead atoms. The van der Waals surface area contributed by atoms with Crippen molar-refractivity contribution in [2.45, 2.75) is 24.6 Å². The minimum Gasteiger partial charge on any atom is -0.394 e. The summed E-state index contributed by atoms with van der Waals surface area (Å²) in [7, 11) is 0. The van der Waals surface area contributed by atoms with Crippen LogP contribution in [0.25, 0.3) is 0 Å². The number of hydrazine groups is 1. The van der Waals surface area contributed by atoms with E-state index >= 15 is 0 Å². The van der Waals surface area contributed by atoms with Crippen LogP contribution in [-0.2, 0) is 10.9 Å². The summed E-state index contributed by atoms with van der Waals surface area (Å²) < 4.78 is 43.4. The summed E-state index contributed by atoms with van der Waals surface area (Å²) >= 11 is 0. The van der Waals surface area contributed by atoms with Crippen LogP contribution >= 0.6 is 0 Å². The number of nitrogen functional groups attached to an aromatic ring is 1. The summed E-state index contributed by atoms with van der Waals surface area (Å²) in [5, 5.41) is 12.4. The molecule has 21 heavy (non-hydrogen) atoms. The molecule has 0 saturated carbocycles. The first-order valence-corrected chi connectivity index (χ1v) is 6.28. The van der Waals surface area contributed by atoms with Gasteiger partial charge in [-0.2, -0.15) is 13.2 Å². The molecule has 0 atom stereocenters. The van der Waals surface area contributed by atoms with Gasteiger partial charge < -0.3 is 20.6 Å². The van der Waals surface area contributed by atoms with Crippen molar-refractivity contribution in [2.75, 3.05) is 30.6 Å². The van der Waals surface area contributed by atoms with Crippen LogP contribution in [0.15, 0.2) is 6.07 Å². The predicted octanol–water partition coefficient (Wildman–Crippen LogP) is 0.734. The lowest BCUT2D eigenvalue weighted by molar-refractivity contribution is -0.144. The molecule has 0 aromatic carbocycles. The second-order valence-electron chi connectivity index (χ2n) is 4.78. The molecule has 0 radical (unpaired) electrons. The molecule has 5 N–H and O–H groups in total. The molecule has 118 valence electrons. The molecule has 1 saturated heterocycles. The fraction of sp³-hybridized carbons (Fsp3) is 0.636. The normalized spacial score (nSPS) is 18.3. The summed E-state index contributed by atoms with van der Waals surface area (Å²) in [5.74, 6) is 3.60. The van der Waals surface area contributed by atoms with Gasteiger partial charge in [0, 0.05) is 19.3 Å². The number of nitrogens with zero attached hydrogens (tertiary/aromatic N) is 2. The van der Waals surface area contributed by atoms with Gasteiger partial charge in [-0.15, -0.1) is 0 Å². The van der Waals surface area contributed by atoms with E-state index in [-0.39, 0.29) is 18.2 Å². The van der Waals surface area contributed by atoms with Crippen molar-refractivity contribution < 1.29 is 23.0 Å². The topological polar surface area (TPSA) is 105 Å². The SMILES string of the molecule is NNc1cc(NC2(CO)CCOCC2)nc(C(F)(F)F)n1. The zero-order valence-electron chi connectivity index (χ0n) is 11.1. The Morgan fingerprint density at radius 2 is 1.90 bits per heavy atom. The Kier molecular flexibility index (Phi) is 4.49. The van der Waals surface area contributed by atoms with E-state index in [1.54, 1.807) is 0 Å². The lowest BCUT2D eigenvalue weighted by Crippen LogP contribution is -2.47. The Morgan fingerprint density at radius 1 is 1.29 bits per heavy atom. The Hall–Kier alpha value is -1.65. The van der Waals surface area contributed by atoms with Crippen LogP contribution in [0.5, 0.6) is 0 Å². The highest BCUT2D eigenvalue weighted by Gasteiger charge is 2.37. The first-order valence-electron chi connectivity index (χ1n) is 6.28. The number of aliphatic hydroxyl groups excluding tert-OH is 1. The minimum absolute atomic E-state index is 0.0544. The molecule has 1 aliphatic rings. The molecule has 0 unspecified atom stereocenters. The monoisotopic (exact) mass is 307 g/mol. The van der Waals surface area contributed by atoms with Gasteiger partial charge in [0.15, 0.2) is 0 Å². The van der Waals surface area contributed by atoms with E-state index in [9.17, 15) is 18.3 Å². The molecule has 2 rings (SSSR count). The summed E-state index contributed by atoms with van der Waals surface area (Å²) in [5.41, 5.74) is 1.31. The molecule has 1 aliphatic heterocycles. The molecule has 0 aliphatic carbocycles. The Bertz CT molecular complexity index is 491. The van der Waals surface area contributed by atoms with Gasteiger partial charge in [0.05, 0.1) is 12.1 Å². The van der Waals surface area contributed by atoms with E-state index < -0.39 is 17.5 Å². The van der Waals surface area contributed by atoms with Crippen LogP contribution in [0, 0.1) is 0 Å². The number of aromatic nitrogens is 2. The van der Waals surface area contributed by atoms with E-state index in [0.717, 1.165) is 0 Å². The molecule has 0 spiro atoms. The van der Waals surface area contributed by atoms with Crippen molar-refractivity contribution in [1.29, 1.82) is 0 Å². The van der Waals surface area contributed by atoms with Gasteiger partial charge in [-0.05, 0) is 12.8 Å². The molecule has 7 nitrogen and oxygen atoms in total. The van der Waals surface area contributed by atoms with E-state index in [1.807, 2.05) is 0 Å². The lowest BCUT2D eigenvalue weighted by Gasteiger charge is -2.36. The van der Waals surface area contributed by atoms with Gasteiger partial charge in [-0.1, -0.05) is 0 Å². The second-order valence-corrected chi connectivity index (χ2v) is 4.78. The number of ether oxygens (including phenoxy) is 1. The van der Waals surface area contributed by atoms with Crippen LogP contribution in [-0.4, -0.2) is 40.4 Å². The van der Waals surface area contributed by atoms with Gasteiger partial charge >= 0.3 is 6.18 Å². The first kappa shape index (κ1) is 15.7. The smallest absolute Gasteiger partial charge is 0.394 e. The highest BCUT2D eigenvalue weighted by atomic mass is 19.4. The zero-order chi connectivity index (χ0) is 15.5. The molecule has 1 aromatic heterocycles.